The molecule has 6 nitrogen and oxygen atoms in total. The van der Waals surface area contributed by atoms with Gasteiger partial charge in [-0.25, -0.2) is 0 Å². The first-order chi connectivity index (χ1) is 19.4. The Bertz CT molecular complexity index is 992. The first kappa shape index (κ1) is 32.6. The second kappa shape index (κ2) is 17.8. The van der Waals surface area contributed by atoms with Crippen molar-refractivity contribution in [3.8, 4) is 0 Å². The molecule has 40 heavy (non-hydrogen) atoms. The molecule has 220 valence electrons. The van der Waals surface area contributed by atoms with E-state index in [4.69, 9.17) is 11.5 Å². The summed E-state index contributed by atoms with van der Waals surface area (Å²) in [6, 6.07) is 7.76. The molecule has 0 bridgehead atoms. The number of unbranched alkanes of at least 4 members (excludes halogenated alkanes) is 4. The minimum absolute atomic E-state index is 0.155. The molecule has 2 heterocycles. The van der Waals surface area contributed by atoms with Crippen molar-refractivity contribution in [1.82, 2.24) is 9.80 Å². The van der Waals surface area contributed by atoms with Gasteiger partial charge in [-0.15, -0.1) is 22.7 Å². The number of thiophene rings is 2. The molecule has 4 N–H and O–H groups in total. The number of carbonyl (C=O) groups excluding carboxylic acids is 2. The summed E-state index contributed by atoms with van der Waals surface area (Å²) < 4.78 is 0. The topological polar surface area (TPSA) is 92.7 Å². The van der Waals surface area contributed by atoms with Crippen LogP contribution in [0.1, 0.15) is 75.0 Å². The maximum Gasteiger partial charge on any atom is 0.184 e. The van der Waals surface area contributed by atoms with Crippen LogP contribution < -0.4 is 11.5 Å². The van der Waals surface area contributed by atoms with Crippen LogP contribution in [0.3, 0.4) is 0 Å². The first-order valence-corrected chi connectivity index (χ1v) is 16.7. The van der Waals surface area contributed by atoms with Crippen molar-refractivity contribution in [1.29, 1.82) is 0 Å². The zero-order chi connectivity index (χ0) is 28.7. The Hall–Kier alpha value is -1.94. The second-order valence-corrected chi connectivity index (χ2v) is 12.8. The van der Waals surface area contributed by atoms with Crippen LogP contribution in [0.25, 0.3) is 0 Å². The highest BCUT2D eigenvalue weighted by atomic mass is 32.1. The van der Waals surface area contributed by atoms with Gasteiger partial charge in [0.25, 0.3) is 0 Å². The van der Waals surface area contributed by atoms with Crippen LogP contribution in [-0.4, -0.2) is 59.6 Å². The highest BCUT2D eigenvalue weighted by molar-refractivity contribution is 7.10. The third kappa shape index (κ3) is 10.8. The molecule has 0 aliphatic heterocycles. The number of ketones is 2. The van der Waals surface area contributed by atoms with Crippen molar-refractivity contribution in [2.75, 3.05) is 26.2 Å². The lowest BCUT2D eigenvalue weighted by Gasteiger charge is -2.22. The summed E-state index contributed by atoms with van der Waals surface area (Å²) in [5, 5.41) is 4.25. The number of rotatable bonds is 20. The SMILES string of the molecule is CCN(CCCCCC(N)C1=CC(=O)C(C(N)CCCCCN(CC)Cc2cccs2)=CC1=O)Cc1cccs1. The van der Waals surface area contributed by atoms with E-state index in [1.165, 1.54) is 21.9 Å². The van der Waals surface area contributed by atoms with E-state index in [-0.39, 0.29) is 11.6 Å². The summed E-state index contributed by atoms with van der Waals surface area (Å²) in [4.78, 5) is 33.4. The molecular weight excluding hydrogens is 537 g/mol. The van der Waals surface area contributed by atoms with E-state index in [1.54, 1.807) is 22.7 Å². The van der Waals surface area contributed by atoms with Gasteiger partial charge in [-0.2, -0.15) is 0 Å². The number of nitrogens with two attached hydrogens (primary N) is 2. The number of carbonyl (C=O) groups is 2. The lowest BCUT2D eigenvalue weighted by Crippen LogP contribution is -2.34. The molecule has 2 atom stereocenters. The zero-order valence-corrected chi connectivity index (χ0v) is 26.0. The van der Waals surface area contributed by atoms with E-state index < -0.39 is 12.1 Å². The van der Waals surface area contributed by atoms with Crippen LogP contribution in [0.5, 0.6) is 0 Å². The monoisotopic (exact) mass is 584 g/mol. The van der Waals surface area contributed by atoms with Crippen molar-refractivity contribution >= 4 is 34.2 Å². The first-order valence-electron chi connectivity index (χ1n) is 14.9. The molecule has 0 fully saturated rings. The average molecular weight is 585 g/mol. The molecule has 0 amide bonds. The number of hydrogen-bond donors (Lipinski definition) is 2. The molecule has 0 aromatic carbocycles. The molecule has 0 radical (unpaired) electrons. The Morgan fingerprint density at radius 1 is 0.675 bits per heavy atom. The normalized spacial score (nSPS) is 15.6. The average Bonchev–Trinajstić information content (AvgIpc) is 3.66. The number of hydrogen-bond acceptors (Lipinski definition) is 8. The standard InChI is InChI=1S/C32H48N4O2S2/c1-3-35(23-25-13-11-19-39-25)17-9-5-7-15-29(33)27-21-32(38)28(22-31(27)37)30(34)16-8-6-10-18-36(4-2)24-26-14-12-20-40-26/h11-14,19-22,29-30H,3-10,15-18,23-24,33-34H2,1-2H3. The Balaban J connectivity index is 1.32. The lowest BCUT2D eigenvalue weighted by atomic mass is 9.86. The fraction of sp³-hybridized carbons (Fsp3) is 0.562. The Morgan fingerprint density at radius 2 is 1.10 bits per heavy atom. The van der Waals surface area contributed by atoms with Gasteiger partial charge in [-0.1, -0.05) is 51.7 Å². The van der Waals surface area contributed by atoms with Crippen molar-refractivity contribution < 1.29 is 9.59 Å². The third-order valence-corrected chi connectivity index (χ3v) is 9.46. The van der Waals surface area contributed by atoms with E-state index >= 15 is 0 Å². The molecule has 0 spiro atoms. The van der Waals surface area contributed by atoms with Crippen LogP contribution in [0.2, 0.25) is 0 Å². The summed E-state index contributed by atoms with van der Waals surface area (Å²) in [6.07, 6.45) is 10.5. The number of nitrogens with zero attached hydrogens (tertiary/aromatic N) is 2. The van der Waals surface area contributed by atoms with Crippen LogP contribution in [0, 0.1) is 0 Å². The van der Waals surface area contributed by atoms with Gasteiger partial charge in [0.15, 0.2) is 11.6 Å². The smallest absolute Gasteiger partial charge is 0.184 e. The molecule has 0 saturated carbocycles. The summed E-state index contributed by atoms with van der Waals surface area (Å²) in [6.45, 7) is 10.6. The van der Waals surface area contributed by atoms with Crippen molar-refractivity contribution in [2.45, 2.75) is 90.4 Å². The van der Waals surface area contributed by atoms with E-state index in [1.807, 2.05) is 0 Å². The van der Waals surface area contributed by atoms with Crippen molar-refractivity contribution in [3.05, 3.63) is 68.1 Å². The maximum absolute atomic E-state index is 12.8. The summed E-state index contributed by atoms with van der Waals surface area (Å²) in [5.41, 5.74) is 13.6. The minimum atomic E-state index is -0.408. The summed E-state index contributed by atoms with van der Waals surface area (Å²) in [5.74, 6) is -0.310. The van der Waals surface area contributed by atoms with Gasteiger partial charge >= 0.3 is 0 Å². The summed E-state index contributed by atoms with van der Waals surface area (Å²) in [7, 11) is 0. The zero-order valence-electron chi connectivity index (χ0n) is 24.4. The van der Waals surface area contributed by atoms with Gasteiger partial charge in [0, 0.05) is 46.1 Å². The maximum atomic E-state index is 12.8. The van der Waals surface area contributed by atoms with Gasteiger partial charge in [0.05, 0.1) is 0 Å². The van der Waals surface area contributed by atoms with Crippen LogP contribution in [0.15, 0.2) is 58.3 Å². The Kier molecular flexibility index (Phi) is 14.5. The Labute approximate surface area is 249 Å². The number of allylic oxidation sites excluding steroid dienone is 2. The fourth-order valence-corrected chi connectivity index (χ4v) is 6.67. The molecule has 2 aromatic heterocycles. The van der Waals surface area contributed by atoms with E-state index in [0.29, 0.717) is 24.0 Å². The molecule has 8 heteroatoms. The van der Waals surface area contributed by atoms with Gasteiger partial charge in [0.2, 0.25) is 0 Å². The van der Waals surface area contributed by atoms with Crippen LogP contribution in [0.4, 0.5) is 0 Å². The highest BCUT2D eigenvalue weighted by Crippen LogP contribution is 2.21. The molecular formula is C32H48N4O2S2. The van der Waals surface area contributed by atoms with Crippen molar-refractivity contribution in [2.24, 2.45) is 11.5 Å². The lowest BCUT2D eigenvalue weighted by molar-refractivity contribution is -0.115. The molecule has 1 aliphatic rings. The van der Waals surface area contributed by atoms with Gasteiger partial charge in [-0.3, -0.25) is 19.4 Å². The molecule has 1 aliphatic carbocycles. The largest absolute Gasteiger partial charge is 0.324 e. The fourth-order valence-electron chi connectivity index (χ4n) is 5.18. The highest BCUT2D eigenvalue weighted by Gasteiger charge is 2.27. The predicted octanol–water partition coefficient (Wildman–Crippen LogP) is 5.93. The third-order valence-electron chi connectivity index (χ3n) is 7.73. The van der Waals surface area contributed by atoms with Gasteiger partial charge in [-0.05, 0) is 86.9 Å². The Morgan fingerprint density at radius 3 is 1.45 bits per heavy atom. The van der Waals surface area contributed by atoms with Gasteiger partial charge < -0.3 is 11.5 Å². The second-order valence-electron chi connectivity index (χ2n) is 10.7. The summed E-state index contributed by atoms with van der Waals surface area (Å²) >= 11 is 3.60. The van der Waals surface area contributed by atoms with E-state index in [0.717, 1.165) is 77.8 Å². The molecule has 0 saturated heterocycles. The molecule has 3 rings (SSSR count). The molecule has 2 unspecified atom stereocenters. The van der Waals surface area contributed by atoms with Gasteiger partial charge in [0.1, 0.15) is 0 Å². The quantitative estimate of drug-likeness (QED) is 0.148. The minimum Gasteiger partial charge on any atom is -0.324 e. The van der Waals surface area contributed by atoms with Crippen LogP contribution >= 0.6 is 22.7 Å². The van der Waals surface area contributed by atoms with E-state index in [9.17, 15) is 9.59 Å². The predicted molar refractivity (Wildman–Crippen MR) is 170 cm³/mol. The van der Waals surface area contributed by atoms with E-state index in [2.05, 4.69) is 58.7 Å². The van der Waals surface area contributed by atoms with Crippen molar-refractivity contribution in [3.63, 3.8) is 0 Å². The molecule has 2 aromatic rings. The van der Waals surface area contributed by atoms with Crippen LogP contribution in [-0.2, 0) is 22.7 Å².